The first kappa shape index (κ1) is 18.3. The molecule has 27 heavy (non-hydrogen) atoms. The van der Waals surface area contributed by atoms with Gasteiger partial charge in [-0.1, -0.05) is 24.6 Å². The predicted octanol–water partition coefficient (Wildman–Crippen LogP) is 3.18. The van der Waals surface area contributed by atoms with E-state index in [1.54, 1.807) is 10.9 Å². The van der Waals surface area contributed by atoms with Crippen molar-refractivity contribution < 1.29 is 14.3 Å². The summed E-state index contributed by atoms with van der Waals surface area (Å²) in [5.74, 6) is -0.825. The Hall–Kier alpha value is -3.48. The number of aryl methyl sites for hydroxylation is 1. The lowest BCUT2D eigenvalue weighted by Crippen LogP contribution is -2.15. The number of hydrogen-bond donors (Lipinski definition) is 1. The number of nitrogens with one attached hydrogen (secondary N) is 1. The number of pyridine rings is 1. The molecule has 0 aliphatic rings. The molecular formula is C20H20N4O3. The number of anilines is 1. The van der Waals surface area contributed by atoms with Crippen molar-refractivity contribution in [2.24, 2.45) is 0 Å². The molecule has 0 atom stereocenters. The molecule has 0 aliphatic heterocycles. The number of nitrogens with zero attached hydrogens (tertiary/aromatic N) is 3. The summed E-state index contributed by atoms with van der Waals surface area (Å²) in [7, 11) is 1.29. The minimum absolute atomic E-state index is 0.265. The number of carbonyl (C=O) groups is 2. The van der Waals surface area contributed by atoms with Crippen LogP contribution in [0.15, 0.2) is 48.9 Å². The van der Waals surface area contributed by atoms with Crippen LogP contribution in [0.5, 0.6) is 0 Å². The smallest absolute Gasteiger partial charge is 0.339 e. The molecule has 1 N–H and O–H groups in total. The molecule has 1 amide bonds. The first-order chi connectivity index (χ1) is 13.0. The molecule has 0 unspecified atom stereocenters. The van der Waals surface area contributed by atoms with Crippen molar-refractivity contribution in [1.82, 2.24) is 14.8 Å². The highest BCUT2D eigenvalue weighted by Gasteiger charge is 2.18. The standard InChI is InChI=1S/C20H20N4O3/c1-4-18-17(12-22-24(18)16-7-5-13(2)6-8-16)19(25)23-15-9-14(10-21-11-15)20(26)27-3/h5-12H,4H2,1-3H3,(H,23,25). The molecule has 0 saturated carbocycles. The summed E-state index contributed by atoms with van der Waals surface area (Å²) in [6.07, 6.45) is 5.04. The molecule has 3 aromatic rings. The maximum Gasteiger partial charge on any atom is 0.339 e. The van der Waals surface area contributed by atoms with Crippen molar-refractivity contribution in [3.63, 3.8) is 0 Å². The quantitative estimate of drug-likeness (QED) is 0.703. The number of carbonyl (C=O) groups excluding carboxylic acids is 2. The molecule has 0 aliphatic carbocycles. The Balaban J connectivity index is 1.87. The molecular weight excluding hydrogens is 344 g/mol. The lowest BCUT2D eigenvalue weighted by atomic mass is 10.1. The number of amides is 1. The van der Waals surface area contributed by atoms with Crippen molar-refractivity contribution >= 4 is 17.6 Å². The van der Waals surface area contributed by atoms with Crippen LogP contribution < -0.4 is 5.32 Å². The van der Waals surface area contributed by atoms with Crippen LogP contribution in [0.2, 0.25) is 0 Å². The zero-order chi connectivity index (χ0) is 19.4. The van der Waals surface area contributed by atoms with Gasteiger partial charge in [0.1, 0.15) is 0 Å². The van der Waals surface area contributed by atoms with Crippen LogP contribution in [-0.4, -0.2) is 33.8 Å². The second-order valence-electron chi connectivity index (χ2n) is 6.01. The van der Waals surface area contributed by atoms with Gasteiger partial charge in [-0.05, 0) is 31.5 Å². The van der Waals surface area contributed by atoms with E-state index >= 15 is 0 Å². The summed E-state index contributed by atoms with van der Waals surface area (Å²) < 4.78 is 6.43. The highest BCUT2D eigenvalue weighted by molar-refractivity contribution is 6.05. The van der Waals surface area contributed by atoms with Gasteiger partial charge in [-0.25, -0.2) is 9.48 Å². The summed E-state index contributed by atoms with van der Waals surface area (Å²) in [5, 5.41) is 7.14. The van der Waals surface area contributed by atoms with E-state index in [0.717, 1.165) is 16.9 Å². The van der Waals surface area contributed by atoms with Crippen molar-refractivity contribution in [2.75, 3.05) is 12.4 Å². The third-order valence-electron chi connectivity index (χ3n) is 4.14. The first-order valence-electron chi connectivity index (χ1n) is 8.52. The molecule has 1 aromatic carbocycles. The Morgan fingerprint density at radius 1 is 1.15 bits per heavy atom. The van der Waals surface area contributed by atoms with E-state index in [9.17, 15) is 9.59 Å². The Morgan fingerprint density at radius 2 is 1.89 bits per heavy atom. The summed E-state index contributed by atoms with van der Waals surface area (Å²) in [4.78, 5) is 28.3. The van der Waals surface area contributed by atoms with E-state index in [1.165, 1.54) is 25.6 Å². The van der Waals surface area contributed by atoms with Gasteiger partial charge in [-0.3, -0.25) is 9.78 Å². The van der Waals surface area contributed by atoms with E-state index < -0.39 is 5.97 Å². The third-order valence-corrected chi connectivity index (χ3v) is 4.14. The van der Waals surface area contributed by atoms with E-state index in [4.69, 9.17) is 0 Å². The van der Waals surface area contributed by atoms with Gasteiger partial charge in [-0.15, -0.1) is 0 Å². The van der Waals surface area contributed by atoms with E-state index in [0.29, 0.717) is 17.7 Å². The van der Waals surface area contributed by atoms with Crippen molar-refractivity contribution in [1.29, 1.82) is 0 Å². The Labute approximate surface area is 157 Å². The van der Waals surface area contributed by atoms with Gasteiger partial charge in [0.15, 0.2) is 0 Å². The zero-order valence-corrected chi connectivity index (χ0v) is 15.4. The molecule has 2 aromatic heterocycles. The molecule has 3 rings (SSSR count). The number of hydrogen-bond acceptors (Lipinski definition) is 5. The molecule has 0 saturated heterocycles. The lowest BCUT2D eigenvalue weighted by Gasteiger charge is -2.09. The van der Waals surface area contributed by atoms with E-state index in [-0.39, 0.29) is 11.5 Å². The predicted molar refractivity (Wildman–Crippen MR) is 101 cm³/mol. The van der Waals surface area contributed by atoms with Gasteiger partial charge in [0.05, 0.1) is 47.7 Å². The SMILES string of the molecule is CCc1c(C(=O)Nc2cncc(C(=O)OC)c2)cnn1-c1ccc(C)cc1. The maximum atomic E-state index is 12.7. The summed E-state index contributed by atoms with van der Waals surface area (Å²) in [6.45, 7) is 3.99. The van der Waals surface area contributed by atoms with Crippen LogP contribution in [0.4, 0.5) is 5.69 Å². The van der Waals surface area contributed by atoms with Gasteiger partial charge in [0.2, 0.25) is 0 Å². The van der Waals surface area contributed by atoms with Crippen LogP contribution in [0.25, 0.3) is 5.69 Å². The van der Waals surface area contributed by atoms with Gasteiger partial charge in [0.25, 0.3) is 5.91 Å². The number of aromatic nitrogens is 3. The Kier molecular flexibility index (Phi) is 5.30. The topological polar surface area (TPSA) is 86.1 Å². The average molecular weight is 364 g/mol. The number of methoxy groups -OCH3 is 1. The largest absolute Gasteiger partial charge is 0.465 e. The van der Waals surface area contributed by atoms with Crippen molar-refractivity contribution in [2.45, 2.75) is 20.3 Å². The van der Waals surface area contributed by atoms with Gasteiger partial charge >= 0.3 is 5.97 Å². The summed E-state index contributed by atoms with van der Waals surface area (Å²) in [6, 6.07) is 9.45. The molecule has 7 nitrogen and oxygen atoms in total. The molecule has 0 radical (unpaired) electrons. The molecule has 0 spiro atoms. The fourth-order valence-electron chi connectivity index (χ4n) is 2.75. The minimum atomic E-state index is -0.514. The number of esters is 1. The maximum absolute atomic E-state index is 12.7. The first-order valence-corrected chi connectivity index (χ1v) is 8.52. The zero-order valence-electron chi connectivity index (χ0n) is 15.4. The van der Waals surface area contributed by atoms with Gasteiger partial charge in [0, 0.05) is 6.20 Å². The third kappa shape index (κ3) is 3.87. The highest BCUT2D eigenvalue weighted by atomic mass is 16.5. The second kappa shape index (κ2) is 7.82. The minimum Gasteiger partial charge on any atom is -0.465 e. The number of rotatable bonds is 5. The number of ether oxygens (including phenoxy) is 1. The number of benzene rings is 1. The second-order valence-corrected chi connectivity index (χ2v) is 6.01. The Morgan fingerprint density at radius 3 is 2.56 bits per heavy atom. The Bertz CT molecular complexity index is 977. The fourth-order valence-corrected chi connectivity index (χ4v) is 2.75. The summed E-state index contributed by atoms with van der Waals surface area (Å²) in [5.41, 5.74) is 4.00. The van der Waals surface area contributed by atoms with Crippen LogP contribution in [0, 0.1) is 6.92 Å². The lowest BCUT2D eigenvalue weighted by molar-refractivity contribution is 0.0600. The van der Waals surface area contributed by atoms with Crippen LogP contribution in [0.1, 0.15) is 38.9 Å². The molecule has 138 valence electrons. The summed E-state index contributed by atoms with van der Waals surface area (Å²) >= 11 is 0. The van der Waals surface area contributed by atoms with Gasteiger partial charge in [-0.2, -0.15) is 5.10 Å². The van der Waals surface area contributed by atoms with Crippen molar-refractivity contribution in [3.8, 4) is 5.69 Å². The normalized spacial score (nSPS) is 10.5. The average Bonchev–Trinajstić information content (AvgIpc) is 3.12. The van der Waals surface area contributed by atoms with Crippen molar-refractivity contribution in [3.05, 3.63) is 71.3 Å². The van der Waals surface area contributed by atoms with Crippen LogP contribution >= 0.6 is 0 Å². The van der Waals surface area contributed by atoms with E-state index in [1.807, 2.05) is 38.1 Å². The van der Waals surface area contributed by atoms with Gasteiger partial charge < -0.3 is 10.1 Å². The van der Waals surface area contributed by atoms with Crippen LogP contribution in [0.3, 0.4) is 0 Å². The highest BCUT2D eigenvalue weighted by Crippen LogP contribution is 2.18. The molecule has 0 fully saturated rings. The van der Waals surface area contributed by atoms with Crippen LogP contribution in [-0.2, 0) is 11.2 Å². The molecule has 7 heteroatoms. The molecule has 0 bridgehead atoms. The van der Waals surface area contributed by atoms with E-state index in [2.05, 4.69) is 20.1 Å². The monoisotopic (exact) mass is 364 g/mol. The molecule has 2 heterocycles. The fraction of sp³-hybridized carbons (Fsp3) is 0.200.